The minimum atomic E-state index is -0.682. The number of carbonyl (C=O) groups excluding carboxylic acids is 1. The Hall–Kier alpha value is -3.01. The molecule has 1 saturated heterocycles. The maximum absolute atomic E-state index is 11.8. The Labute approximate surface area is 190 Å². The summed E-state index contributed by atoms with van der Waals surface area (Å²) in [5.41, 5.74) is 0.879. The van der Waals surface area contributed by atoms with E-state index in [4.69, 9.17) is 14.2 Å². The second-order valence-corrected chi connectivity index (χ2v) is 9.16. The van der Waals surface area contributed by atoms with Crippen LogP contribution in [0.1, 0.15) is 55.6 Å². The number of aliphatic hydroxyl groups is 1. The van der Waals surface area contributed by atoms with Crippen LogP contribution in [0.25, 0.3) is 16.5 Å². The highest BCUT2D eigenvalue weighted by Gasteiger charge is 2.41. The zero-order chi connectivity index (χ0) is 23.8. The number of benzene rings is 2. The van der Waals surface area contributed by atoms with Crippen molar-refractivity contribution < 1.29 is 39.4 Å². The van der Waals surface area contributed by atoms with Gasteiger partial charge in [0, 0.05) is 22.6 Å². The molecule has 3 heterocycles. The molecular weight excluding hydrogens is 430 g/mol. The van der Waals surface area contributed by atoms with Crippen LogP contribution in [0, 0.1) is 0 Å². The molecular formula is C24H27NO8. The summed E-state index contributed by atoms with van der Waals surface area (Å²) < 4.78 is 17.0. The van der Waals surface area contributed by atoms with Gasteiger partial charge in [0.05, 0.1) is 29.3 Å². The monoisotopic (exact) mass is 457 g/mol. The first-order valence-electron chi connectivity index (χ1n) is 10.9. The standard InChI is InChI=1S/C24H27NO8/c1-9-17-19(24-15(31-9)8-16(26)33-24)22(29)12-6-5-11(21(28)18(12)23(17)30)14-7-13(25(3)4)20(27)10(2)32-14/h5-6,9-10,13-14,20,27-30H,7-8H2,1-4H3. The van der Waals surface area contributed by atoms with E-state index in [1.54, 1.807) is 26.0 Å². The molecule has 5 atom stereocenters. The molecule has 176 valence electrons. The lowest BCUT2D eigenvalue weighted by molar-refractivity contribution is -0.142. The number of phenolic OH excluding ortho intramolecular Hbond substituents is 3. The number of hydrogen-bond acceptors (Lipinski definition) is 9. The Morgan fingerprint density at radius 1 is 1.06 bits per heavy atom. The highest BCUT2D eigenvalue weighted by atomic mass is 16.6. The maximum atomic E-state index is 11.8. The van der Waals surface area contributed by atoms with Gasteiger partial charge in [-0.05, 0) is 40.4 Å². The van der Waals surface area contributed by atoms with Gasteiger partial charge in [0.25, 0.3) is 0 Å². The van der Waals surface area contributed by atoms with Gasteiger partial charge < -0.3 is 39.5 Å². The van der Waals surface area contributed by atoms with Gasteiger partial charge in [-0.2, -0.15) is 0 Å². The van der Waals surface area contributed by atoms with Crippen molar-refractivity contribution in [3.8, 4) is 17.2 Å². The quantitative estimate of drug-likeness (QED) is 0.397. The van der Waals surface area contributed by atoms with Gasteiger partial charge in [-0.25, -0.2) is 0 Å². The Kier molecular flexibility index (Phi) is 4.97. The van der Waals surface area contributed by atoms with Gasteiger partial charge in [-0.3, -0.25) is 4.79 Å². The fraction of sp³-hybridized carbons (Fsp3) is 0.458. The Morgan fingerprint density at radius 2 is 1.79 bits per heavy atom. The summed E-state index contributed by atoms with van der Waals surface area (Å²) in [5, 5.41) is 44.3. The summed E-state index contributed by atoms with van der Waals surface area (Å²) in [6.45, 7) is 3.46. The van der Waals surface area contributed by atoms with Gasteiger partial charge in [0.15, 0.2) is 11.5 Å². The third-order valence-corrected chi connectivity index (χ3v) is 6.91. The number of aliphatic hydroxyl groups excluding tert-OH is 1. The van der Waals surface area contributed by atoms with E-state index >= 15 is 0 Å². The molecule has 0 spiro atoms. The molecule has 1 fully saturated rings. The Morgan fingerprint density at radius 3 is 2.48 bits per heavy atom. The van der Waals surface area contributed by atoms with Crippen LogP contribution in [0.15, 0.2) is 17.9 Å². The summed E-state index contributed by atoms with van der Waals surface area (Å²) in [4.78, 5) is 13.7. The second-order valence-electron chi connectivity index (χ2n) is 9.16. The van der Waals surface area contributed by atoms with Crippen LogP contribution in [0.5, 0.6) is 17.2 Å². The van der Waals surface area contributed by atoms with E-state index in [2.05, 4.69) is 0 Å². The van der Waals surface area contributed by atoms with E-state index in [1.165, 1.54) is 0 Å². The minimum Gasteiger partial charge on any atom is -0.507 e. The molecule has 4 N–H and O–H groups in total. The highest BCUT2D eigenvalue weighted by Crippen LogP contribution is 2.55. The highest BCUT2D eigenvalue weighted by molar-refractivity contribution is 6.04. The molecule has 2 aromatic rings. The summed E-state index contributed by atoms with van der Waals surface area (Å²) >= 11 is 0. The summed E-state index contributed by atoms with van der Waals surface area (Å²) in [7, 11) is 3.75. The summed E-state index contributed by atoms with van der Waals surface area (Å²) in [5.74, 6) is -0.780. The van der Waals surface area contributed by atoms with Gasteiger partial charge >= 0.3 is 5.97 Å². The molecule has 0 bridgehead atoms. The molecule has 5 unspecified atom stereocenters. The van der Waals surface area contributed by atoms with Crippen molar-refractivity contribution in [3.05, 3.63) is 34.6 Å². The largest absolute Gasteiger partial charge is 0.507 e. The first kappa shape index (κ1) is 21.8. The Balaban J connectivity index is 1.67. The van der Waals surface area contributed by atoms with Gasteiger partial charge in [-0.15, -0.1) is 0 Å². The predicted molar refractivity (Wildman–Crippen MR) is 117 cm³/mol. The van der Waals surface area contributed by atoms with E-state index in [0.29, 0.717) is 17.7 Å². The molecule has 0 saturated carbocycles. The average molecular weight is 457 g/mol. The molecule has 3 aliphatic rings. The lowest BCUT2D eigenvalue weighted by Crippen LogP contribution is -2.50. The Bertz CT molecular complexity index is 1200. The molecule has 9 nitrogen and oxygen atoms in total. The fourth-order valence-corrected chi connectivity index (χ4v) is 5.20. The third kappa shape index (κ3) is 3.14. The van der Waals surface area contributed by atoms with E-state index in [9.17, 15) is 25.2 Å². The first-order valence-corrected chi connectivity index (χ1v) is 10.9. The van der Waals surface area contributed by atoms with Crippen LogP contribution >= 0.6 is 0 Å². The number of rotatable bonds is 2. The molecule has 5 rings (SSSR count). The molecule has 0 aliphatic carbocycles. The van der Waals surface area contributed by atoms with Crippen molar-refractivity contribution in [2.24, 2.45) is 0 Å². The van der Waals surface area contributed by atoms with Crippen molar-refractivity contribution in [2.45, 2.75) is 57.1 Å². The van der Waals surface area contributed by atoms with E-state index in [1.807, 2.05) is 19.0 Å². The van der Waals surface area contributed by atoms with Crippen LogP contribution in [0.4, 0.5) is 0 Å². The first-order chi connectivity index (χ1) is 15.6. The number of fused-ring (bicyclic) bond motifs is 3. The lowest BCUT2D eigenvalue weighted by atomic mass is 9.87. The number of carbonyl (C=O) groups is 1. The molecule has 0 radical (unpaired) electrons. The van der Waals surface area contributed by atoms with Crippen molar-refractivity contribution in [2.75, 3.05) is 14.1 Å². The zero-order valence-corrected chi connectivity index (χ0v) is 18.8. The number of phenols is 3. The predicted octanol–water partition coefficient (Wildman–Crippen LogP) is 2.80. The molecule has 2 aromatic carbocycles. The van der Waals surface area contributed by atoms with Crippen LogP contribution < -0.4 is 0 Å². The number of nitrogens with zero attached hydrogens (tertiary/aromatic N) is 1. The van der Waals surface area contributed by atoms with Gasteiger partial charge in [-0.1, -0.05) is 6.07 Å². The molecule has 0 amide bonds. The number of aromatic hydroxyl groups is 3. The number of hydrogen-bond donors (Lipinski definition) is 4. The van der Waals surface area contributed by atoms with Crippen LogP contribution in [-0.2, 0) is 19.0 Å². The smallest absolute Gasteiger partial charge is 0.319 e. The van der Waals surface area contributed by atoms with Crippen LogP contribution in [-0.4, -0.2) is 63.6 Å². The van der Waals surface area contributed by atoms with E-state index < -0.39 is 30.4 Å². The van der Waals surface area contributed by atoms with Crippen LogP contribution in [0.2, 0.25) is 0 Å². The fourth-order valence-electron chi connectivity index (χ4n) is 5.20. The van der Waals surface area contributed by atoms with Gasteiger partial charge in [0.1, 0.15) is 29.8 Å². The normalized spacial score (nSPS) is 29.2. The SMILES string of the molecule is CC1OC2=C(OC(=O)C2)c2c1c(O)c1c(O)c(C3CC(N(C)C)C(O)C(C)O3)ccc1c2O. The molecule has 0 aromatic heterocycles. The third-order valence-electron chi connectivity index (χ3n) is 6.91. The second kappa shape index (κ2) is 7.51. The van der Waals surface area contributed by atoms with Crippen molar-refractivity contribution in [3.63, 3.8) is 0 Å². The van der Waals surface area contributed by atoms with Crippen molar-refractivity contribution >= 4 is 22.5 Å². The molecule has 3 aliphatic heterocycles. The summed E-state index contributed by atoms with van der Waals surface area (Å²) in [6.07, 6.45) is -1.97. The topological polar surface area (TPSA) is 129 Å². The lowest BCUT2D eigenvalue weighted by Gasteiger charge is -2.41. The number of esters is 1. The van der Waals surface area contributed by atoms with E-state index in [-0.39, 0.29) is 57.4 Å². The van der Waals surface area contributed by atoms with Crippen molar-refractivity contribution in [1.82, 2.24) is 4.90 Å². The van der Waals surface area contributed by atoms with Crippen LogP contribution in [0.3, 0.4) is 0 Å². The average Bonchev–Trinajstić information content (AvgIpc) is 3.12. The van der Waals surface area contributed by atoms with Crippen molar-refractivity contribution in [1.29, 1.82) is 0 Å². The summed E-state index contributed by atoms with van der Waals surface area (Å²) in [6, 6.07) is 3.06. The maximum Gasteiger partial charge on any atom is 0.319 e. The van der Waals surface area contributed by atoms with E-state index in [0.717, 1.165) is 0 Å². The zero-order valence-electron chi connectivity index (χ0n) is 18.8. The van der Waals surface area contributed by atoms with Gasteiger partial charge in [0.2, 0.25) is 0 Å². The molecule has 9 heteroatoms. The molecule has 33 heavy (non-hydrogen) atoms. The minimum absolute atomic E-state index is 0.0440. The number of likely N-dealkylation sites (N-methyl/N-ethyl adjacent to an activating group) is 1. The number of ether oxygens (including phenoxy) is 3.